The van der Waals surface area contributed by atoms with Crippen LogP contribution < -0.4 is 0 Å². The maximum atomic E-state index is 11.8. The van der Waals surface area contributed by atoms with Crippen molar-refractivity contribution < 1.29 is 18.3 Å². The highest BCUT2D eigenvalue weighted by Crippen LogP contribution is 2.29. The summed E-state index contributed by atoms with van der Waals surface area (Å²) in [5, 5.41) is 16.1. The summed E-state index contributed by atoms with van der Waals surface area (Å²) >= 11 is -0.0731. The van der Waals surface area contributed by atoms with Gasteiger partial charge in [0.05, 0.1) is 12.2 Å². The molecule has 1 aromatic rings. The third kappa shape index (κ3) is 5.36. The topological polar surface area (TPSA) is 50.9 Å². The van der Waals surface area contributed by atoms with Gasteiger partial charge in [0, 0.05) is 18.6 Å². The summed E-state index contributed by atoms with van der Waals surface area (Å²) in [5.41, 5.74) is -3.51. The first kappa shape index (κ1) is 13.3. The molecular weight excluding hydrogens is 243 g/mol. The van der Waals surface area contributed by atoms with Crippen LogP contribution in [0.2, 0.25) is 0 Å². The van der Waals surface area contributed by atoms with Crippen LogP contribution in [0.1, 0.15) is 12.1 Å². The van der Waals surface area contributed by atoms with Crippen LogP contribution >= 0.6 is 11.8 Å². The van der Waals surface area contributed by atoms with Crippen LogP contribution in [0.3, 0.4) is 0 Å². The lowest BCUT2D eigenvalue weighted by atomic mass is 10.3. The van der Waals surface area contributed by atoms with E-state index in [4.69, 9.17) is 5.11 Å². The summed E-state index contributed by atoms with van der Waals surface area (Å²) in [7, 11) is 0. The molecule has 1 N–H and O–H groups in total. The number of aliphatic hydroxyl groups excluding tert-OH is 1. The molecule has 0 amide bonds. The normalized spacial score (nSPS) is 12.0. The smallest absolute Gasteiger partial charge is 0.396 e. The van der Waals surface area contributed by atoms with Gasteiger partial charge in [0.1, 0.15) is 0 Å². The lowest BCUT2D eigenvalue weighted by Crippen LogP contribution is -2.07. The lowest BCUT2D eigenvalue weighted by Gasteiger charge is -2.04. The monoisotopic (exact) mass is 255 g/mol. The second-order valence-electron chi connectivity index (χ2n) is 3.09. The molecule has 0 fully saturated rings. The van der Waals surface area contributed by atoms with Gasteiger partial charge in [-0.15, -0.1) is 5.10 Å². The van der Waals surface area contributed by atoms with Crippen molar-refractivity contribution in [3.05, 3.63) is 11.9 Å². The molecule has 0 bridgehead atoms. The predicted octanol–water partition coefficient (Wildman–Crippen LogP) is 1.46. The molecule has 0 saturated heterocycles. The number of alkyl halides is 3. The largest absolute Gasteiger partial charge is 0.441 e. The number of aromatic nitrogens is 3. The van der Waals surface area contributed by atoms with E-state index in [1.54, 1.807) is 6.20 Å². The second kappa shape index (κ2) is 6.09. The number of halogens is 3. The zero-order valence-corrected chi connectivity index (χ0v) is 9.26. The standard InChI is InChI=1S/C8H12F3N3OS/c9-8(10,11)16-5-3-14-6-7(12-13-14)2-1-4-15/h6,15H,1-5H2. The maximum absolute atomic E-state index is 11.8. The van der Waals surface area contributed by atoms with Crippen LogP contribution in [0.25, 0.3) is 0 Å². The second-order valence-corrected chi connectivity index (χ2v) is 4.25. The SMILES string of the molecule is OCCCc1cn(CCSC(F)(F)F)nn1. The Bertz CT molecular complexity index is 316. The highest BCUT2D eigenvalue weighted by Gasteiger charge is 2.27. The van der Waals surface area contributed by atoms with Crippen molar-refractivity contribution in [3.63, 3.8) is 0 Å². The molecule has 0 atom stereocenters. The first-order valence-electron chi connectivity index (χ1n) is 4.72. The Labute approximate surface area is 94.8 Å². The summed E-state index contributed by atoms with van der Waals surface area (Å²) in [6.45, 7) is 0.243. The van der Waals surface area contributed by atoms with Crippen LogP contribution in [0.5, 0.6) is 0 Å². The molecule has 4 nitrogen and oxygen atoms in total. The summed E-state index contributed by atoms with van der Waals surface area (Å²) < 4.78 is 36.8. The van der Waals surface area contributed by atoms with Gasteiger partial charge >= 0.3 is 5.51 Å². The maximum Gasteiger partial charge on any atom is 0.441 e. The van der Waals surface area contributed by atoms with Gasteiger partial charge in [-0.3, -0.25) is 4.68 Å². The summed E-state index contributed by atoms with van der Waals surface area (Å²) in [5.74, 6) is -0.0771. The average Bonchev–Trinajstić information content (AvgIpc) is 2.61. The minimum atomic E-state index is -4.19. The molecule has 0 aliphatic carbocycles. The van der Waals surface area contributed by atoms with Gasteiger partial charge < -0.3 is 5.11 Å². The highest BCUT2D eigenvalue weighted by atomic mass is 32.2. The van der Waals surface area contributed by atoms with E-state index in [2.05, 4.69) is 10.3 Å². The third-order valence-electron chi connectivity index (χ3n) is 1.76. The van der Waals surface area contributed by atoms with Crippen molar-refractivity contribution in [2.75, 3.05) is 12.4 Å². The number of hydrogen-bond acceptors (Lipinski definition) is 4. The Kier molecular flexibility index (Phi) is 5.07. The molecule has 1 rings (SSSR count). The fourth-order valence-electron chi connectivity index (χ4n) is 1.08. The number of thioether (sulfide) groups is 1. The first-order chi connectivity index (χ1) is 7.51. The molecule has 92 valence electrons. The van der Waals surface area contributed by atoms with Crippen LogP contribution in [0.15, 0.2) is 6.20 Å². The Balaban J connectivity index is 2.29. The molecule has 0 spiro atoms. The van der Waals surface area contributed by atoms with Crippen molar-refractivity contribution in [1.82, 2.24) is 15.0 Å². The van der Waals surface area contributed by atoms with Gasteiger partial charge in [0.25, 0.3) is 0 Å². The Morgan fingerprint density at radius 3 is 2.81 bits per heavy atom. The molecule has 1 heterocycles. The highest BCUT2D eigenvalue weighted by molar-refractivity contribution is 8.00. The summed E-state index contributed by atoms with van der Waals surface area (Å²) in [4.78, 5) is 0. The molecule has 0 aromatic carbocycles. The van der Waals surface area contributed by atoms with E-state index < -0.39 is 5.51 Å². The minimum Gasteiger partial charge on any atom is -0.396 e. The van der Waals surface area contributed by atoms with Gasteiger partial charge in [-0.1, -0.05) is 5.21 Å². The van der Waals surface area contributed by atoms with Crippen LogP contribution in [0.4, 0.5) is 13.2 Å². The molecule has 8 heteroatoms. The average molecular weight is 255 g/mol. The Hall–Kier alpha value is -0.760. The molecule has 0 unspecified atom stereocenters. The van der Waals surface area contributed by atoms with E-state index in [-0.39, 0.29) is 30.7 Å². The third-order valence-corrected chi connectivity index (χ3v) is 2.48. The number of rotatable bonds is 6. The molecule has 0 aliphatic heterocycles. The van der Waals surface area contributed by atoms with Crippen molar-refractivity contribution in [3.8, 4) is 0 Å². The van der Waals surface area contributed by atoms with Crippen LogP contribution in [-0.4, -0.2) is 38.0 Å². The number of nitrogens with zero attached hydrogens (tertiary/aromatic N) is 3. The van der Waals surface area contributed by atoms with Gasteiger partial charge in [-0.25, -0.2) is 0 Å². The predicted molar refractivity (Wildman–Crippen MR) is 53.9 cm³/mol. The molecule has 0 radical (unpaired) electrons. The first-order valence-corrected chi connectivity index (χ1v) is 5.70. The van der Waals surface area contributed by atoms with Gasteiger partial charge in [-0.05, 0) is 24.6 Å². The number of aliphatic hydroxyl groups is 1. The Morgan fingerprint density at radius 2 is 2.19 bits per heavy atom. The lowest BCUT2D eigenvalue weighted by molar-refractivity contribution is -0.0328. The molecule has 0 saturated carbocycles. The molecule has 0 aliphatic rings. The van der Waals surface area contributed by atoms with Crippen molar-refractivity contribution in [1.29, 1.82) is 0 Å². The quantitative estimate of drug-likeness (QED) is 0.836. The van der Waals surface area contributed by atoms with Crippen LogP contribution in [0, 0.1) is 0 Å². The fraction of sp³-hybridized carbons (Fsp3) is 0.750. The van der Waals surface area contributed by atoms with Crippen molar-refractivity contribution in [2.45, 2.75) is 24.9 Å². The van der Waals surface area contributed by atoms with Crippen molar-refractivity contribution >= 4 is 11.8 Å². The Morgan fingerprint density at radius 1 is 1.44 bits per heavy atom. The fourth-order valence-corrected chi connectivity index (χ4v) is 1.59. The van der Waals surface area contributed by atoms with Crippen molar-refractivity contribution in [2.24, 2.45) is 0 Å². The van der Waals surface area contributed by atoms with E-state index in [0.29, 0.717) is 18.5 Å². The van der Waals surface area contributed by atoms with E-state index in [0.717, 1.165) is 0 Å². The summed E-state index contributed by atoms with van der Waals surface area (Å²) in [6, 6.07) is 0. The number of aryl methyl sites for hydroxylation is 2. The van der Waals surface area contributed by atoms with E-state index in [9.17, 15) is 13.2 Å². The molecular formula is C8H12F3N3OS. The zero-order valence-electron chi connectivity index (χ0n) is 8.44. The molecule has 16 heavy (non-hydrogen) atoms. The van der Waals surface area contributed by atoms with Gasteiger partial charge in [0.2, 0.25) is 0 Å². The van der Waals surface area contributed by atoms with Gasteiger partial charge in [-0.2, -0.15) is 13.2 Å². The van der Waals surface area contributed by atoms with E-state index >= 15 is 0 Å². The number of hydrogen-bond donors (Lipinski definition) is 1. The van der Waals surface area contributed by atoms with E-state index in [1.807, 2.05) is 0 Å². The van der Waals surface area contributed by atoms with E-state index in [1.165, 1.54) is 4.68 Å². The minimum absolute atomic E-state index is 0.0663. The zero-order chi connectivity index (χ0) is 12.0. The summed E-state index contributed by atoms with van der Waals surface area (Å²) in [6.07, 6.45) is 2.77. The van der Waals surface area contributed by atoms with Crippen LogP contribution in [-0.2, 0) is 13.0 Å². The van der Waals surface area contributed by atoms with Gasteiger partial charge in [0.15, 0.2) is 0 Å². The molecule has 1 aromatic heterocycles.